The van der Waals surface area contributed by atoms with E-state index in [0.717, 1.165) is 0 Å². The molecule has 9 nitrogen and oxygen atoms in total. The van der Waals surface area contributed by atoms with Crippen LogP contribution in [0.1, 0.15) is 13.3 Å². The normalized spacial score (nSPS) is 10.2. The highest BCUT2D eigenvalue weighted by Gasteiger charge is 2.08. The lowest BCUT2D eigenvalue weighted by atomic mass is 10.4. The van der Waals surface area contributed by atoms with Crippen LogP contribution in [0.3, 0.4) is 0 Å². The molecule has 0 spiro atoms. The summed E-state index contributed by atoms with van der Waals surface area (Å²) in [6.45, 7) is 1.73. The van der Waals surface area contributed by atoms with Crippen LogP contribution in [0.2, 0.25) is 0 Å². The molecule has 100 valence electrons. The van der Waals surface area contributed by atoms with Gasteiger partial charge in [0.2, 0.25) is 11.8 Å². The molecule has 0 aliphatic heterocycles. The zero-order valence-electron chi connectivity index (χ0n) is 10.3. The molecule has 2 rings (SSSR count). The molecule has 0 unspecified atom stereocenters. The van der Waals surface area contributed by atoms with E-state index in [1.54, 1.807) is 13.1 Å². The predicted molar refractivity (Wildman–Crippen MR) is 66.2 cm³/mol. The fourth-order valence-corrected chi connectivity index (χ4v) is 1.33. The highest BCUT2D eigenvalue weighted by atomic mass is 16.2. The lowest BCUT2D eigenvalue weighted by Gasteiger charge is -2.01. The molecule has 0 fully saturated rings. The third kappa shape index (κ3) is 3.63. The van der Waals surface area contributed by atoms with Gasteiger partial charge in [0.25, 0.3) is 0 Å². The van der Waals surface area contributed by atoms with Crippen LogP contribution in [0.5, 0.6) is 0 Å². The Morgan fingerprint density at radius 1 is 1.37 bits per heavy atom. The van der Waals surface area contributed by atoms with E-state index in [4.69, 9.17) is 0 Å². The van der Waals surface area contributed by atoms with E-state index in [1.807, 2.05) is 0 Å². The predicted octanol–water partition coefficient (Wildman–Crippen LogP) is -0.0116. The van der Waals surface area contributed by atoms with E-state index in [-0.39, 0.29) is 18.4 Å². The molecule has 3 N–H and O–H groups in total. The fraction of sp³-hybridized carbons (Fsp3) is 0.300. The van der Waals surface area contributed by atoms with Gasteiger partial charge >= 0.3 is 0 Å². The maximum Gasteiger partial charge on any atom is 0.246 e. The van der Waals surface area contributed by atoms with Gasteiger partial charge in [-0.25, -0.2) is 4.68 Å². The van der Waals surface area contributed by atoms with Crippen LogP contribution < -0.4 is 10.6 Å². The van der Waals surface area contributed by atoms with Gasteiger partial charge in [0, 0.05) is 12.6 Å². The highest BCUT2D eigenvalue weighted by Crippen LogP contribution is 2.03. The van der Waals surface area contributed by atoms with Crippen molar-refractivity contribution in [3.63, 3.8) is 0 Å². The van der Waals surface area contributed by atoms with E-state index in [9.17, 15) is 9.59 Å². The molecule has 2 heterocycles. The summed E-state index contributed by atoms with van der Waals surface area (Å²) in [5, 5.41) is 18.9. The van der Waals surface area contributed by atoms with Gasteiger partial charge in [-0.15, -0.1) is 5.10 Å². The number of carbonyl (C=O) groups excluding carboxylic acids is 2. The number of aromatic amines is 1. The molecule has 2 amide bonds. The molecule has 0 aromatic carbocycles. The van der Waals surface area contributed by atoms with E-state index in [2.05, 4.69) is 31.1 Å². The molecule has 0 saturated heterocycles. The summed E-state index contributed by atoms with van der Waals surface area (Å²) in [4.78, 5) is 22.8. The maximum atomic E-state index is 11.6. The molecule has 0 aliphatic rings. The first-order valence-corrected chi connectivity index (χ1v) is 5.66. The molecule has 2 aromatic heterocycles. The van der Waals surface area contributed by atoms with E-state index in [1.165, 1.54) is 17.1 Å². The first-order chi connectivity index (χ1) is 9.17. The summed E-state index contributed by atoms with van der Waals surface area (Å²) in [6.07, 6.45) is 4.90. The molecule has 0 bridgehead atoms. The number of rotatable bonds is 5. The number of carbonyl (C=O) groups is 2. The molecule has 9 heteroatoms. The van der Waals surface area contributed by atoms with Crippen molar-refractivity contribution in [3.8, 4) is 0 Å². The topological polar surface area (TPSA) is 118 Å². The van der Waals surface area contributed by atoms with Crippen molar-refractivity contribution in [3.05, 3.63) is 18.6 Å². The minimum absolute atomic E-state index is 0.000174. The van der Waals surface area contributed by atoms with Crippen LogP contribution in [0.15, 0.2) is 18.6 Å². The monoisotopic (exact) mass is 263 g/mol. The van der Waals surface area contributed by atoms with Crippen LogP contribution in [0.4, 0.5) is 11.5 Å². The third-order valence-electron chi connectivity index (χ3n) is 2.21. The molecule has 19 heavy (non-hydrogen) atoms. The molecular formula is C10H13N7O2. The van der Waals surface area contributed by atoms with Crippen molar-refractivity contribution < 1.29 is 9.59 Å². The lowest BCUT2D eigenvalue weighted by molar-refractivity contribution is -0.117. The van der Waals surface area contributed by atoms with Crippen molar-refractivity contribution >= 4 is 23.3 Å². The zero-order valence-corrected chi connectivity index (χ0v) is 10.3. The molecule has 0 aliphatic carbocycles. The van der Waals surface area contributed by atoms with Crippen molar-refractivity contribution in [2.24, 2.45) is 0 Å². The number of hydrogen-bond donors (Lipinski definition) is 3. The Morgan fingerprint density at radius 3 is 2.89 bits per heavy atom. The van der Waals surface area contributed by atoms with Crippen LogP contribution in [-0.2, 0) is 16.1 Å². The van der Waals surface area contributed by atoms with Gasteiger partial charge in [-0.2, -0.15) is 5.10 Å². The van der Waals surface area contributed by atoms with E-state index >= 15 is 0 Å². The zero-order chi connectivity index (χ0) is 13.7. The van der Waals surface area contributed by atoms with Crippen LogP contribution in [-0.4, -0.2) is 37.0 Å². The van der Waals surface area contributed by atoms with Gasteiger partial charge in [-0.1, -0.05) is 12.1 Å². The van der Waals surface area contributed by atoms with Crippen LogP contribution in [0.25, 0.3) is 0 Å². The number of hydrogen-bond acceptors (Lipinski definition) is 5. The molecule has 0 radical (unpaired) electrons. The molecule has 0 atom stereocenters. The first-order valence-electron chi connectivity index (χ1n) is 5.66. The SMILES string of the molecule is CCC(=O)Nc1cn(CC(=O)Nc2cn[nH]c2)nn1. The van der Waals surface area contributed by atoms with Gasteiger partial charge in [0.05, 0.1) is 18.1 Å². The number of nitrogens with one attached hydrogen (secondary N) is 3. The highest BCUT2D eigenvalue weighted by molar-refractivity contribution is 5.90. The Hall–Kier alpha value is -2.71. The Balaban J connectivity index is 1.89. The first kappa shape index (κ1) is 12.7. The summed E-state index contributed by atoms with van der Waals surface area (Å²) < 4.78 is 1.33. The van der Waals surface area contributed by atoms with Crippen molar-refractivity contribution in [1.29, 1.82) is 0 Å². The van der Waals surface area contributed by atoms with Gasteiger partial charge in [-0.05, 0) is 0 Å². The summed E-state index contributed by atoms with van der Waals surface area (Å²) in [5.41, 5.74) is 0.574. The van der Waals surface area contributed by atoms with Gasteiger partial charge in [0.1, 0.15) is 6.54 Å². The lowest BCUT2D eigenvalue weighted by Crippen LogP contribution is -2.18. The van der Waals surface area contributed by atoms with Crippen LogP contribution in [0, 0.1) is 0 Å². The van der Waals surface area contributed by atoms with Crippen molar-refractivity contribution in [1.82, 2.24) is 25.2 Å². The number of amides is 2. The summed E-state index contributed by atoms with van der Waals surface area (Å²) in [7, 11) is 0. The summed E-state index contributed by atoms with van der Waals surface area (Å²) in [6, 6.07) is 0. The number of anilines is 2. The average molecular weight is 263 g/mol. The Labute approximate surface area is 108 Å². The second kappa shape index (κ2) is 5.76. The van der Waals surface area contributed by atoms with Crippen molar-refractivity contribution in [2.45, 2.75) is 19.9 Å². The average Bonchev–Trinajstić information content (AvgIpc) is 3.01. The molecule has 2 aromatic rings. The molecule has 0 saturated carbocycles. The number of aromatic nitrogens is 5. The van der Waals surface area contributed by atoms with Gasteiger partial charge in [-0.3, -0.25) is 14.7 Å². The third-order valence-corrected chi connectivity index (χ3v) is 2.21. The number of nitrogens with zero attached hydrogens (tertiary/aromatic N) is 4. The Morgan fingerprint density at radius 2 is 2.21 bits per heavy atom. The smallest absolute Gasteiger partial charge is 0.246 e. The van der Waals surface area contributed by atoms with E-state index in [0.29, 0.717) is 17.9 Å². The van der Waals surface area contributed by atoms with Gasteiger partial charge in [0.15, 0.2) is 5.82 Å². The Bertz CT molecular complexity index is 560. The fourth-order valence-electron chi connectivity index (χ4n) is 1.33. The summed E-state index contributed by atoms with van der Waals surface area (Å²) in [5.74, 6) is -0.0995. The minimum atomic E-state index is -0.264. The van der Waals surface area contributed by atoms with Gasteiger partial charge < -0.3 is 10.6 Å². The second-order valence-corrected chi connectivity index (χ2v) is 3.74. The van der Waals surface area contributed by atoms with Crippen LogP contribution >= 0.6 is 0 Å². The van der Waals surface area contributed by atoms with E-state index < -0.39 is 0 Å². The minimum Gasteiger partial charge on any atom is -0.322 e. The summed E-state index contributed by atoms with van der Waals surface area (Å²) >= 11 is 0. The standard InChI is InChI=1S/C10H13N7O2/c1-2-9(18)14-8-5-17(16-15-8)6-10(19)13-7-3-11-12-4-7/h3-5H,2,6H2,1H3,(H,11,12)(H,13,19)(H,14,18). The molecular weight excluding hydrogens is 250 g/mol. The second-order valence-electron chi connectivity index (χ2n) is 3.74. The Kier molecular flexibility index (Phi) is 3.86. The maximum absolute atomic E-state index is 11.6. The van der Waals surface area contributed by atoms with Crippen molar-refractivity contribution in [2.75, 3.05) is 10.6 Å². The number of H-pyrrole nitrogens is 1. The largest absolute Gasteiger partial charge is 0.322 e. The quantitative estimate of drug-likeness (QED) is 0.701.